The van der Waals surface area contributed by atoms with Gasteiger partial charge in [-0.1, -0.05) is 37.1 Å². The predicted molar refractivity (Wildman–Crippen MR) is 74.0 cm³/mol. The van der Waals surface area contributed by atoms with Gasteiger partial charge >= 0.3 is 5.97 Å². The van der Waals surface area contributed by atoms with Crippen molar-refractivity contribution < 1.29 is 9.90 Å². The van der Waals surface area contributed by atoms with Gasteiger partial charge < -0.3 is 5.11 Å². The van der Waals surface area contributed by atoms with Gasteiger partial charge in [-0.05, 0) is 38.0 Å². The molecule has 2 atom stereocenters. The van der Waals surface area contributed by atoms with Gasteiger partial charge in [-0.15, -0.1) is 0 Å². The molecule has 0 saturated heterocycles. The van der Waals surface area contributed by atoms with Gasteiger partial charge in [0.2, 0.25) is 0 Å². The van der Waals surface area contributed by atoms with Crippen LogP contribution in [0, 0.1) is 0 Å². The van der Waals surface area contributed by atoms with Crippen LogP contribution in [0.1, 0.15) is 45.2 Å². The Morgan fingerprint density at radius 1 is 1.56 bits per heavy atom. The van der Waals surface area contributed by atoms with Crippen LogP contribution in [0.4, 0.5) is 0 Å². The Bertz CT molecular complexity index is 422. The molecule has 0 amide bonds. The highest BCUT2D eigenvalue weighted by Gasteiger charge is 2.33. The molecule has 0 aliphatic heterocycles. The summed E-state index contributed by atoms with van der Waals surface area (Å²) < 4.78 is 0. The average molecular weight is 270 g/mol. The van der Waals surface area contributed by atoms with Gasteiger partial charge in [0.15, 0.2) is 0 Å². The van der Waals surface area contributed by atoms with Crippen LogP contribution in [0.3, 0.4) is 0 Å². The lowest BCUT2D eigenvalue weighted by Crippen LogP contribution is -2.50. The van der Waals surface area contributed by atoms with Crippen LogP contribution in [0.5, 0.6) is 0 Å². The number of carboxylic acid groups (broad SMARTS) is 1. The van der Waals surface area contributed by atoms with Crippen LogP contribution in [0.15, 0.2) is 24.3 Å². The zero-order chi connectivity index (χ0) is 13.8. The van der Waals surface area contributed by atoms with Crippen molar-refractivity contribution in [1.29, 1.82) is 0 Å². The van der Waals surface area contributed by atoms with E-state index < -0.39 is 11.5 Å². The normalized spacial score (nSPS) is 16.0. The summed E-state index contributed by atoms with van der Waals surface area (Å²) in [5, 5.41) is 13.2. The Morgan fingerprint density at radius 2 is 2.22 bits per heavy atom. The number of rotatable bonds is 6. The quantitative estimate of drug-likeness (QED) is 0.829. The number of carboxylic acids is 1. The Morgan fingerprint density at radius 3 is 2.72 bits per heavy atom. The maximum atomic E-state index is 11.4. The second-order valence-electron chi connectivity index (χ2n) is 4.81. The molecule has 0 spiro atoms. The number of hydrogen-bond donors (Lipinski definition) is 2. The Labute approximate surface area is 113 Å². The van der Waals surface area contributed by atoms with Crippen molar-refractivity contribution in [2.24, 2.45) is 0 Å². The fourth-order valence-electron chi connectivity index (χ4n) is 2.08. The van der Waals surface area contributed by atoms with Crippen LogP contribution in [0.25, 0.3) is 0 Å². The first-order valence-electron chi connectivity index (χ1n) is 6.15. The molecule has 2 N–H and O–H groups in total. The van der Waals surface area contributed by atoms with Crippen molar-refractivity contribution >= 4 is 17.6 Å². The van der Waals surface area contributed by atoms with E-state index in [-0.39, 0.29) is 6.04 Å². The summed E-state index contributed by atoms with van der Waals surface area (Å²) in [6.45, 7) is 5.65. The maximum absolute atomic E-state index is 11.4. The predicted octanol–water partition coefficient (Wildman–Crippen LogP) is 3.63. The average Bonchev–Trinajstić information content (AvgIpc) is 2.29. The van der Waals surface area contributed by atoms with E-state index in [1.54, 1.807) is 13.0 Å². The van der Waals surface area contributed by atoms with Crippen molar-refractivity contribution in [3.05, 3.63) is 34.9 Å². The monoisotopic (exact) mass is 269 g/mol. The molecule has 1 rings (SSSR count). The third-order valence-electron chi connectivity index (χ3n) is 3.11. The summed E-state index contributed by atoms with van der Waals surface area (Å²) in [5.41, 5.74) is 0.0855. The molecule has 18 heavy (non-hydrogen) atoms. The van der Waals surface area contributed by atoms with Crippen molar-refractivity contribution in [1.82, 2.24) is 5.32 Å². The van der Waals surface area contributed by atoms with Gasteiger partial charge in [-0.2, -0.15) is 0 Å². The SMILES string of the molecule is CCCC(C)(NC(C)c1cccc(Cl)c1)C(=O)O. The third kappa shape index (κ3) is 3.72. The topological polar surface area (TPSA) is 49.3 Å². The van der Waals surface area contributed by atoms with Crippen LogP contribution < -0.4 is 5.32 Å². The number of nitrogens with one attached hydrogen (secondary N) is 1. The summed E-state index contributed by atoms with van der Waals surface area (Å²) in [7, 11) is 0. The summed E-state index contributed by atoms with van der Waals surface area (Å²) in [4.78, 5) is 11.4. The number of aliphatic carboxylic acids is 1. The summed E-state index contributed by atoms with van der Waals surface area (Å²) in [6.07, 6.45) is 1.41. The van der Waals surface area contributed by atoms with E-state index in [1.165, 1.54) is 0 Å². The van der Waals surface area contributed by atoms with Gasteiger partial charge in [-0.3, -0.25) is 10.1 Å². The van der Waals surface area contributed by atoms with Gasteiger partial charge in [0.05, 0.1) is 0 Å². The number of hydrogen-bond acceptors (Lipinski definition) is 2. The summed E-state index contributed by atoms with van der Waals surface area (Å²) in [5.74, 6) is -0.821. The second-order valence-corrected chi connectivity index (χ2v) is 5.24. The third-order valence-corrected chi connectivity index (χ3v) is 3.34. The molecule has 1 aromatic rings. The van der Waals surface area contributed by atoms with Crippen LogP contribution in [-0.4, -0.2) is 16.6 Å². The first kappa shape index (κ1) is 15.0. The first-order valence-corrected chi connectivity index (χ1v) is 6.53. The molecule has 0 fully saturated rings. The zero-order valence-corrected chi connectivity index (χ0v) is 11.8. The van der Waals surface area contributed by atoms with Gasteiger partial charge in [-0.25, -0.2) is 0 Å². The molecule has 0 bridgehead atoms. The first-order chi connectivity index (χ1) is 8.39. The van der Waals surface area contributed by atoms with E-state index in [0.717, 1.165) is 12.0 Å². The van der Waals surface area contributed by atoms with Gasteiger partial charge in [0.1, 0.15) is 5.54 Å². The van der Waals surface area contributed by atoms with Crippen molar-refractivity contribution in [3.8, 4) is 0 Å². The minimum Gasteiger partial charge on any atom is -0.480 e. The smallest absolute Gasteiger partial charge is 0.323 e. The Kier molecular flexibility index (Phi) is 5.17. The summed E-state index contributed by atoms with van der Waals surface area (Å²) in [6, 6.07) is 7.41. The van der Waals surface area contributed by atoms with E-state index >= 15 is 0 Å². The minimum atomic E-state index is -0.906. The van der Waals surface area contributed by atoms with Crippen molar-refractivity contribution in [3.63, 3.8) is 0 Å². The van der Waals surface area contributed by atoms with Gasteiger partial charge in [0, 0.05) is 11.1 Å². The highest BCUT2D eigenvalue weighted by Crippen LogP contribution is 2.22. The Balaban J connectivity index is 2.85. The van der Waals surface area contributed by atoms with Crippen molar-refractivity contribution in [2.45, 2.75) is 45.2 Å². The van der Waals surface area contributed by atoms with E-state index in [0.29, 0.717) is 11.4 Å². The molecule has 0 radical (unpaired) electrons. The molecule has 0 heterocycles. The lowest BCUT2D eigenvalue weighted by molar-refractivity contribution is -0.144. The van der Waals surface area contributed by atoms with E-state index in [4.69, 9.17) is 11.6 Å². The molecule has 1 aromatic carbocycles. The lowest BCUT2D eigenvalue weighted by Gasteiger charge is -2.30. The molecule has 4 heteroatoms. The number of benzene rings is 1. The molecule has 2 unspecified atom stereocenters. The van der Waals surface area contributed by atoms with Crippen LogP contribution >= 0.6 is 11.6 Å². The molecule has 3 nitrogen and oxygen atoms in total. The van der Waals surface area contributed by atoms with Crippen LogP contribution in [0.2, 0.25) is 5.02 Å². The fraction of sp³-hybridized carbons (Fsp3) is 0.500. The number of halogens is 1. The molecule has 100 valence electrons. The van der Waals surface area contributed by atoms with Gasteiger partial charge in [0.25, 0.3) is 0 Å². The van der Waals surface area contributed by atoms with Crippen LogP contribution in [-0.2, 0) is 4.79 Å². The lowest BCUT2D eigenvalue weighted by atomic mass is 9.94. The highest BCUT2D eigenvalue weighted by atomic mass is 35.5. The molecule has 0 saturated carbocycles. The molecular formula is C14H20ClNO2. The zero-order valence-electron chi connectivity index (χ0n) is 11.0. The summed E-state index contributed by atoms with van der Waals surface area (Å²) >= 11 is 5.94. The second kappa shape index (κ2) is 6.21. The fourth-order valence-corrected chi connectivity index (χ4v) is 2.28. The standard InChI is InChI=1S/C14H20ClNO2/c1-4-8-14(3,13(17)18)16-10(2)11-6-5-7-12(15)9-11/h5-7,9-10,16H,4,8H2,1-3H3,(H,17,18). The minimum absolute atomic E-state index is 0.0589. The Hall–Kier alpha value is -1.06. The van der Waals surface area contributed by atoms with E-state index in [9.17, 15) is 9.90 Å². The molecular weight excluding hydrogens is 250 g/mol. The molecule has 0 aromatic heterocycles. The van der Waals surface area contributed by atoms with E-state index in [2.05, 4.69) is 5.32 Å². The molecule has 0 aliphatic rings. The maximum Gasteiger partial charge on any atom is 0.323 e. The largest absolute Gasteiger partial charge is 0.480 e. The van der Waals surface area contributed by atoms with E-state index in [1.807, 2.05) is 32.0 Å². The molecule has 0 aliphatic carbocycles. The number of carbonyl (C=O) groups is 1. The highest BCUT2D eigenvalue weighted by molar-refractivity contribution is 6.30. The van der Waals surface area contributed by atoms with Crippen molar-refractivity contribution in [2.75, 3.05) is 0 Å².